The monoisotopic (exact) mass is 306 g/mol. The minimum Gasteiger partial charge on any atom is -0.294 e. The second-order valence-corrected chi connectivity index (χ2v) is 9.25. The Morgan fingerprint density at radius 1 is 0.773 bits per heavy atom. The number of aliphatic imine (C=N–C) groups is 2. The molecule has 2 atom stereocenters. The quantitative estimate of drug-likeness (QED) is 0.586. The van der Waals surface area contributed by atoms with E-state index in [1.807, 2.05) is 0 Å². The third-order valence-corrected chi connectivity index (χ3v) is 5.24. The van der Waals surface area contributed by atoms with Crippen molar-refractivity contribution < 1.29 is 0 Å². The van der Waals surface area contributed by atoms with Gasteiger partial charge in [0.15, 0.2) is 0 Å². The molecule has 0 N–H and O–H groups in total. The van der Waals surface area contributed by atoms with E-state index in [1.54, 1.807) is 0 Å². The first-order chi connectivity index (χ1) is 10.00. The third kappa shape index (κ3) is 6.62. The Bertz CT molecular complexity index is 366. The van der Waals surface area contributed by atoms with Crippen molar-refractivity contribution in [3.63, 3.8) is 0 Å². The first kappa shape index (κ1) is 19.4. The van der Waals surface area contributed by atoms with Crippen molar-refractivity contribution in [2.45, 2.75) is 81.1 Å². The molecule has 0 radical (unpaired) electrons. The van der Waals surface area contributed by atoms with Gasteiger partial charge in [-0.1, -0.05) is 48.0 Å². The van der Waals surface area contributed by atoms with Crippen LogP contribution in [0.2, 0.25) is 0 Å². The maximum atomic E-state index is 4.87. The van der Waals surface area contributed by atoms with Crippen LogP contribution in [0.4, 0.5) is 0 Å². The predicted molar refractivity (Wildman–Crippen MR) is 100 cm³/mol. The van der Waals surface area contributed by atoms with Gasteiger partial charge in [0.25, 0.3) is 0 Å². The molecule has 2 heteroatoms. The van der Waals surface area contributed by atoms with Crippen LogP contribution in [-0.2, 0) is 0 Å². The summed E-state index contributed by atoms with van der Waals surface area (Å²) in [5.74, 6) is 1.53. The highest BCUT2D eigenvalue weighted by molar-refractivity contribution is 5.87. The topological polar surface area (TPSA) is 24.7 Å². The van der Waals surface area contributed by atoms with E-state index in [2.05, 4.69) is 55.4 Å². The van der Waals surface area contributed by atoms with Crippen molar-refractivity contribution in [1.82, 2.24) is 0 Å². The SMILES string of the molecule is CC(=NCC1CCCC(CN=C(C)C(C)(C)C)C1)C(C)(C)C. The van der Waals surface area contributed by atoms with E-state index in [9.17, 15) is 0 Å². The Hall–Kier alpha value is -0.660. The van der Waals surface area contributed by atoms with E-state index < -0.39 is 0 Å². The Balaban J connectivity index is 2.52. The molecule has 1 saturated carbocycles. The smallest absolute Gasteiger partial charge is 0.0417 e. The molecule has 0 bridgehead atoms. The molecule has 0 aromatic heterocycles. The lowest BCUT2D eigenvalue weighted by molar-refractivity contribution is 0.277. The average molecular weight is 307 g/mol. The number of nitrogens with zero attached hydrogens (tertiary/aromatic N) is 2. The molecule has 0 saturated heterocycles. The number of hydrogen-bond donors (Lipinski definition) is 0. The molecule has 0 heterocycles. The van der Waals surface area contributed by atoms with Crippen LogP contribution < -0.4 is 0 Å². The lowest BCUT2D eigenvalue weighted by Gasteiger charge is -2.28. The largest absolute Gasteiger partial charge is 0.294 e. The maximum absolute atomic E-state index is 4.87. The van der Waals surface area contributed by atoms with Crippen LogP contribution in [0.1, 0.15) is 81.1 Å². The van der Waals surface area contributed by atoms with Crippen molar-refractivity contribution >= 4 is 11.4 Å². The second kappa shape index (κ2) is 7.75. The summed E-state index contributed by atoms with van der Waals surface area (Å²) in [4.78, 5) is 9.74. The molecule has 2 unspecified atom stereocenters. The molecule has 1 aliphatic rings. The minimum atomic E-state index is 0.210. The Kier molecular flexibility index (Phi) is 6.83. The van der Waals surface area contributed by atoms with Gasteiger partial charge in [-0.05, 0) is 55.8 Å². The summed E-state index contributed by atoms with van der Waals surface area (Å²) < 4.78 is 0. The maximum Gasteiger partial charge on any atom is 0.0417 e. The summed E-state index contributed by atoms with van der Waals surface area (Å²) in [6, 6.07) is 0. The van der Waals surface area contributed by atoms with Gasteiger partial charge in [-0.2, -0.15) is 0 Å². The zero-order valence-corrected chi connectivity index (χ0v) is 16.3. The van der Waals surface area contributed by atoms with Crippen molar-refractivity contribution in [2.75, 3.05) is 13.1 Å². The molecule has 1 aliphatic carbocycles. The summed E-state index contributed by atoms with van der Waals surface area (Å²) >= 11 is 0. The Labute approximate surface area is 138 Å². The molecule has 1 fully saturated rings. The summed E-state index contributed by atoms with van der Waals surface area (Å²) in [6.07, 6.45) is 5.35. The standard InChI is InChI=1S/C20H38N2/c1-15(19(3,4)5)21-13-17-10-9-11-18(12-17)14-22-16(2)20(6,7)8/h17-18H,9-14H2,1-8H3. The molecule has 2 nitrogen and oxygen atoms in total. The van der Waals surface area contributed by atoms with Crippen LogP contribution in [0.5, 0.6) is 0 Å². The lowest BCUT2D eigenvalue weighted by atomic mass is 9.81. The van der Waals surface area contributed by atoms with Gasteiger partial charge in [-0.25, -0.2) is 0 Å². The van der Waals surface area contributed by atoms with E-state index in [-0.39, 0.29) is 10.8 Å². The van der Waals surface area contributed by atoms with Gasteiger partial charge in [0.05, 0.1) is 0 Å². The fourth-order valence-corrected chi connectivity index (χ4v) is 2.74. The summed E-state index contributed by atoms with van der Waals surface area (Å²) in [5, 5.41) is 0. The van der Waals surface area contributed by atoms with Gasteiger partial charge in [0, 0.05) is 24.5 Å². The molecular formula is C20H38N2. The molecule has 0 aromatic rings. The zero-order valence-electron chi connectivity index (χ0n) is 16.3. The van der Waals surface area contributed by atoms with Crippen LogP contribution in [-0.4, -0.2) is 24.5 Å². The van der Waals surface area contributed by atoms with Gasteiger partial charge in [0.1, 0.15) is 0 Å². The molecule has 0 amide bonds. The van der Waals surface area contributed by atoms with Crippen LogP contribution in [0, 0.1) is 22.7 Å². The van der Waals surface area contributed by atoms with Crippen molar-refractivity contribution in [2.24, 2.45) is 32.7 Å². The first-order valence-electron chi connectivity index (χ1n) is 9.03. The van der Waals surface area contributed by atoms with Crippen LogP contribution in [0.3, 0.4) is 0 Å². The van der Waals surface area contributed by atoms with E-state index in [0.29, 0.717) is 0 Å². The first-order valence-corrected chi connectivity index (χ1v) is 9.03. The molecular weight excluding hydrogens is 268 g/mol. The zero-order chi connectivity index (χ0) is 17.0. The van der Waals surface area contributed by atoms with Crippen molar-refractivity contribution in [1.29, 1.82) is 0 Å². The molecule has 0 aromatic carbocycles. The highest BCUT2D eigenvalue weighted by Gasteiger charge is 2.23. The minimum absolute atomic E-state index is 0.210. The van der Waals surface area contributed by atoms with Gasteiger partial charge in [-0.15, -0.1) is 0 Å². The highest BCUT2D eigenvalue weighted by atomic mass is 14.8. The third-order valence-electron chi connectivity index (χ3n) is 5.24. The van der Waals surface area contributed by atoms with Crippen LogP contribution >= 0.6 is 0 Å². The molecule has 128 valence electrons. The molecule has 22 heavy (non-hydrogen) atoms. The van der Waals surface area contributed by atoms with Gasteiger partial charge in [-0.3, -0.25) is 9.98 Å². The fourth-order valence-electron chi connectivity index (χ4n) is 2.74. The van der Waals surface area contributed by atoms with Crippen LogP contribution in [0.15, 0.2) is 9.98 Å². The Morgan fingerprint density at radius 2 is 1.14 bits per heavy atom. The van der Waals surface area contributed by atoms with Crippen molar-refractivity contribution in [3.8, 4) is 0 Å². The van der Waals surface area contributed by atoms with Crippen molar-refractivity contribution in [3.05, 3.63) is 0 Å². The lowest BCUT2D eigenvalue weighted by Crippen LogP contribution is -2.23. The second-order valence-electron chi connectivity index (χ2n) is 9.25. The fraction of sp³-hybridized carbons (Fsp3) is 0.900. The summed E-state index contributed by atoms with van der Waals surface area (Å²) in [5.41, 5.74) is 3.00. The molecule has 0 aliphatic heterocycles. The number of hydrogen-bond acceptors (Lipinski definition) is 2. The molecule has 0 spiro atoms. The van der Waals surface area contributed by atoms with Gasteiger partial charge in [0.2, 0.25) is 0 Å². The predicted octanol–water partition coefficient (Wildman–Crippen LogP) is 5.81. The summed E-state index contributed by atoms with van der Waals surface area (Å²) in [7, 11) is 0. The number of rotatable bonds is 4. The normalized spacial score (nSPS) is 25.5. The molecule has 1 rings (SSSR count). The van der Waals surface area contributed by atoms with E-state index >= 15 is 0 Å². The van der Waals surface area contributed by atoms with E-state index in [0.717, 1.165) is 24.9 Å². The van der Waals surface area contributed by atoms with Crippen LogP contribution in [0.25, 0.3) is 0 Å². The van der Waals surface area contributed by atoms with E-state index in [4.69, 9.17) is 9.98 Å². The summed E-state index contributed by atoms with van der Waals surface area (Å²) in [6.45, 7) is 19.9. The van der Waals surface area contributed by atoms with Gasteiger partial charge >= 0.3 is 0 Å². The highest BCUT2D eigenvalue weighted by Crippen LogP contribution is 2.30. The van der Waals surface area contributed by atoms with Gasteiger partial charge < -0.3 is 0 Å². The van der Waals surface area contributed by atoms with E-state index in [1.165, 1.54) is 37.1 Å². The average Bonchev–Trinajstić information content (AvgIpc) is 2.40. The Morgan fingerprint density at radius 3 is 1.45 bits per heavy atom.